The maximum atomic E-state index is 10.8. The van der Waals surface area contributed by atoms with Gasteiger partial charge >= 0.3 is 5.97 Å². The topological polar surface area (TPSA) is 118 Å². The third-order valence-corrected chi connectivity index (χ3v) is 2.69. The van der Waals surface area contributed by atoms with Crippen LogP contribution in [0.15, 0.2) is 24.5 Å². The van der Waals surface area contributed by atoms with E-state index in [0.29, 0.717) is 16.7 Å². The lowest BCUT2D eigenvalue weighted by molar-refractivity contribution is -0.384. The third-order valence-electron chi connectivity index (χ3n) is 2.69. The van der Waals surface area contributed by atoms with Crippen LogP contribution in [0, 0.1) is 10.1 Å². The van der Waals surface area contributed by atoms with Gasteiger partial charge in [0.15, 0.2) is 0 Å². The molecule has 20 heavy (non-hydrogen) atoms. The van der Waals surface area contributed by atoms with Crippen molar-refractivity contribution in [2.45, 2.75) is 19.4 Å². The van der Waals surface area contributed by atoms with Gasteiger partial charge in [-0.2, -0.15) is 0 Å². The maximum absolute atomic E-state index is 10.8. The summed E-state index contributed by atoms with van der Waals surface area (Å²) in [7, 11) is 0. The maximum Gasteiger partial charge on any atom is 0.305 e. The quantitative estimate of drug-likeness (QED) is 0.631. The Morgan fingerprint density at radius 2 is 2.25 bits per heavy atom. The molecule has 0 radical (unpaired) electrons. The number of aliphatic carboxylic acids is 1. The molecule has 0 amide bonds. The molecule has 0 aliphatic heterocycles. The molecule has 1 aromatic carbocycles. The number of anilines is 1. The first-order valence-corrected chi connectivity index (χ1v) is 5.85. The summed E-state index contributed by atoms with van der Waals surface area (Å²) in [5, 5.41) is 22.9. The summed E-state index contributed by atoms with van der Waals surface area (Å²) >= 11 is 0. The second-order valence-corrected chi connectivity index (χ2v) is 4.32. The predicted molar refractivity (Wildman–Crippen MR) is 71.5 cm³/mol. The highest BCUT2D eigenvalue weighted by Gasteiger charge is 2.13. The predicted octanol–water partition coefficient (Wildman–Crippen LogP) is 1.81. The van der Waals surface area contributed by atoms with E-state index in [0.717, 1.165) is 0 Å². The zero-order valence-electron chi connectivity index (χ0n) is 10.6. The number of nitrogens with zero attached hydrogens (tertiary/aromatic N) is 3. The van der Waals surface area contributed by atoms with Crippen molar-refractivity contribution in [2.75, 3.05) is 5.32 Å². The molecule has 2 N–H and O–H groups in total. The molecule has 2 aromatic rings. The molecule has 1 unspecified atom stereocenters. The van der Waals surface area contributed by atoms with Gasteiger partial charge in [-0.15, -0.1) is 0 Å². The Morgan fingerprint density at radius 1 is 1.50 bits per heavy atom. The molecule has 0 fully saturated rings. The van der Waals surface area contributed by atoms with E-state index in [2.05, 4.69) is 15.3 Å². The van der Waals surface area contributed by atoms with Gasteiger partial charge in [-0.3, -0.25) is 14.9 Å². The Morgan fingerprint density at radius 3 is 2.90 bits per heavy atom. The van der Waals surface area contributed by atoms with E-state index in [1.165, 1.54) is 24.5 Å². The number of non-ortho nitro benzene ring substituents is 1. The summed E-state index contributed by atoms with van der Waals surface area (Å²) in [6, 6.07) is 3.90. The molecule has 8 nitrogen and oxygen atoms in total. The van der Waals surface area contributed by atoms with E-state index < -0.39 is 10.9 Å². The number of rotatable bonds is 5. The van der Waals surface area contributed by atoms with Gasteiger partial charge in [-0.05, 0) is 13.0 Å². The van der Waals surface area contributed by atoms with Gasteiger partial charge < -0.3 is 10.4 Å². The van der Waals surface area contributed by atoms with E-state index in [9.17, 15) is 14.9 Å². The van der Waals surface area contributed by atoms with E-state index >= 15 is 0 Å². The number of nitrogens with one attached hydrogen (secondary N) is 1. The number of nitro groups is 1. The fraction of sp³-hybridized carbons (Fsp3) is 0.250. The van der Waals surface area contributed by atoms with Crippen LogP contribution in [-0.2, 0) is 4.79 Å². The third kappa shape index (κ3) is 2.97. The van der Waals surface area contributed by atoms with Crippen LogP contribution in [0.25, 0.3) is 10.9 Å². The van der Waals surface area contributed by atoms with E-state index in [-0.39, 0.29) is 18.2 Å². The van der Waals surface area contributed by atoms with Crippen molar-refractivity contribution in [3.05, 3.63) is 34.6 Å². The highest BCUT2D eigenvalue weighted by atomic mass is 16.6. The smallest absolute Gasteiger partial charge is 0.305 e. The molecule has 0 bridgehead atoms. The van der Waals surface area contributed by atoms with Crippen molar-refractivity contribution in [2.24, 2.45) is 0 Å². The Kier molecular flexibility index (Phi) is 3.74. The van der Waals surface area contributed by atoms with Crippen molar-refractivity contribution in [3.8, 4) is 0 Å². The van der Waals surface area contributed by atoms with Gasteiger partial charge in [-0.25, -0.2) is 9.97 Å². The molecule has 104 valence electrons. The standard InChI is InChI=1S/C12H12N4O4/c1-7(4-11(17)18)15-12-9-5-8(16(19)20)2-3-10(9)13-6-14-12/h2-3,5-7H,4H2,1H3,(H,17,18)(H,13,14,15). The zero-order valence-corrected chi connectivity index (χ0v) is 10.6. The SMILES string of the molecule is CC(CC(=O)O)Nc1ncnc2ccc([N+](=O)[O-])cc12. The van der Waals surface area contributed by atoms with Crippen LogP contribution in [0.5, 0.6) is 0 Å². The summed E-state index contributed by atoms with van der Waals surface area (Å²) in [5.74, 6) is -0.554. The first-order valence-electron chi connectivity index (χ1n) is 5.85. The van der Waals surface area contributed by atoms with E-state index in [1.807, 2.05) is 0 Å². The summed E-state index contributed by atoms with van der Waals surface area (Å²) in [4.78, 5) is 29.0. The van der Waals surface area contributed by atoms with Crippen LogP contribution < -0.4 is 5.32 Å². The number of nitro benzene ring substituents is 1. The number of fused-ring (bicyclic) bond motifs is 1. The monoisotopic (exact) mass is 276 g/mol. The Bertz CT molecular complexity index is 674. The number of carbonyl (C=O) groups is 1. The number of hydrogen-bond acceptors (Lipinski definition) is 6. The molecule has 0 aliphatic carbocycles. The molecule has 1 heterocycles. The number of carboxylic acids is 1. The second kappa shape index (κ2) is 5.47. The molecular formula is C12H12N4O4. The molecule has 0 saturated carbocycles. The lowest BCUT2D eigenvalue weighted by Crippen LogP contribution is -2.20. The first-order chi connectivity index (χ1) is 9.47. The molecule has 0 saturated heterocycles. The fourth-order valence-electron chi connectivity index (χ4n) is 1.82. The summed E-state index contributed by atoms with van der Waals surface area (Å²) in [6.07, 6.45) is 1.24. The Labute approximate surface area is 113 Å². The molecule has 2 rings (SSSR count). The van der Waals surface area contributed by atoms with Crippen molar-refractivity contribution in [1.29, 1.82) is 0 Å². The van der Waals surface area contributed by atoms with Crippen LogP contribution in [0.3, 0.4) is 0 Å². The summed E-state index contributed by atoms with van der Waals surface area (Å²) < 4.78 is 0. The normalized spacial score (nSPS) is 12.1. The second-order valence-electron chi connectivity index (χ2n) is 4.32. The Balaban J connectivity index is 2.39. The summed E-state index contributed by atoms with van der Waals surface area (Å²) in [5.41, 5.74) is 0.483. The van der Waals surface area contributed by atoms with Crippen molar-refractivity contribution < 1.29 is 14.8 Å². The minimum atomic E-state index is -0.936. The van der Waals surface area contributed by atoms with Gasteiger partial charge in [-0.1, -0.05) is 0 Å². The van der Waals surface area contributed by atoms with Crippen LogP contribution in [-0.4, -0.2) is 32.0 Å². The number of hydrogen-bond donors (Lipinski definition) is 2. The van der Waals surface area contributed by atoms with Crippen LogP contribution in [0.4, 0.5) is 11.5 Å². The highest BCUT2D eigenvalue weighted by Crippen LogP contribution is 2.24. The van der Waals surface area contributed by atoms with Gasteiger partial charge in [0.1, 0.15) is 12.1 Å². The highest BCUT2D eigenvalue weighted by molar-refractivity contribution is 5.90. The lowest BCUT2D eigenvalue weighted by Gasteiger charge is -2.13. The number of carboxylic acid groups (broad SMARTS) is 1. The van der Waals surface area contributed by atoms with Crippen molar-refractivity contribution in [3.63, 3.8) is 0 Å². The minimum Gasteiger partial charge on any atom is -0.481 e. The minimum absolute atomic E-state index is 0.0683. The number of aromatic nitrogens is 2. The van der Waals surface area contributed by atoms with Gasteiger partial charge in [0.2, 0.25) is 0 Å². The van der Waals surface area contributed by atoms with Gasteiger partial charge in [0, 0.05) is 23.6 Å². The molecule has 8 heteroatoms. The first kappa shape index (κ1) is 13.7. The van der Waals surface area contributed by atoms with Crippen LogP contribution in [0.2, 0.25) is 0 Å². The average molecular weight is 276 g/mol. The molecule has 0 aliphatic rings. The van der Waals surface area contributed by atoms with Crippen LogP contribution >= 0.6 is 0 Å². The largest absolute Gasteiger partial charge is 0.481 e. The Hall–Kier alpha value is -2.77. The number of benzene rings is 1. The van der Waals surface area contributed by atoms with E-state index in [4.69, 9.17) is 5.11 Å². The zero-order chi connectivity index (χ0) is 14.7. The van der Waals surface area contributed by atoms with Crippen molar-refractivity contribution >= 4 is 28.4 Å². The van der Waals surface area contributed by atoms with E-state index in [1.54, 1.807) is 6.92 Å². The summed E-state index contributed by atoms with van der Waals surface area (Å²) in [6.45, 7) is 1.69. The van der Waals surface area contributed by atoms with Crippen molar-refractivity contribution in [1.82, 2.24) is 9.97 Å². The average Bonchev–Trinajstić information content (AvgIpc) is 2.37. The molecule has 1 atom stereocenters. The lowest BCUT2D eigenvalue weighted by atomic mass is 10.2. The molecule has 1 aromatic heterocycles. The van der Waals surface area contributed by atoms with Gasteiger partial charge in [0.25, 0.3) is 5.69 Å². The van der Waals surface area contributed by atoms with Gasteiger partial charge in [0.05, 0.1) is 16.9 Å². The fourth-order valence-corrected chi connectivity index (χ4v) is 1.82. The molecule has 0 spiro atoms. The van der Waals surface area contributed by atoms with Crippen LogP contribution in [0.1, 0.15) is 13.3 Å². The molecular weight excluding hydrogens is 264 g/mol.